The Morgan fingerprint density at radius 1 is 0.900 bits per heavy atom. The molecule has 0 heterocycles. The van der Waals surface area contributed by atoms with Crippen molar-refractivity contribution in [2.24, 2.45) is 0 Å². The Hall–Kier alpha value is -3.36. The van der Waals surface area contributed by atoms with E-state index in [-0.39, 0.29) is 17.3 Å². The highest BCUT2D eigenvalue weighted by molar-refractivity contribution is 7.92. The molecule has 3 rings (SSSR count). The monoisotopic (exact) mass is 583 g/mol. The van der Waals surface area contributed by atoms with E-state index in [1.165, 1.54) is 17.0 Å². The first-order valence-electron chi connectivity index (χ1n) is 13.5. The summed E-state index contributed by atoms with van der Waals surface area (Å²) in [6.45, 7) is 9.50. The van der Waals surface area contributed by atoms with Gasteiger partial charge in [-0.05, 0) is 69.0 Å². The first-order chi connectivity index (χ1) is 19.0. The maximum Gasteiger partial charge on any atom is 0.264 e. The molecule has 0 bridgehead atoms. The minimum absolute atomic E-state index is 0.0584. The highest BCUT2D eigenvalue weighted by atomic mass is 35.5. The van der Waals surface area contributed by atoms with Crippen LogP contribution in [0.4, 0.5) is 5.69 Å². The smallest absolute Gasteiger partial charge is 0.264 e. The lowest BCUT2D eigenvalue weighted by Gasteiger charge is -2.33. The fraction of sp³-hybridized carbons (Fsp3) is 0.355. The molecule has 0 spiro atoms. The number of benzene rings is 3. The van der Waals surface area contributed by atoms with Crippen molar-refractivity contribution in [2.75, 3.05) is 17.4 Å². The number of carbonyl (C=O) groups is 2. The van der Waals surface area contributed by atoms with Gasteiger partial charge in [0.2, 0.25) is 11.8 Å². The summed E-state index contributed by atoms with van der Waals surface area (Å²) >= 11 is 6.39. The van der Waals surface area contributed by atoms with Crippen LogP contribution in [0.5, 0.6) is 0 Å². The van der Waals surface area contributed by atoms with E-state index in [2.05, 4.69) is 5.32 Å². The molecule has 0 aliphatic heterocycles. The molecule has 9 heteroatoms. The van der Waals surface area contributed by atoms with Crippen LogP contribution in [0.25, 0.3) is 0 Å². The first-order valence-corrected chi connectivity index (χ1v) is 15.3. The number of amides is 2. The second-order valence-electron chi connectivity index (χ2n) is 9.93. The Morgan fingerprint density at radius 2 is 1.50 bits per heavy atom. The van der Waals surface area contributed by atoms with E-state index in [0.717, 1.165) is 27.4 Å². The Balaban J connectivity index is 2.09. The number of anilines is 1. The van der Waals surface area contributed by atoms with Crippen molar-refractivity contribution in [1.29, 1.82) is 0 Å². The highest BCUT2D eigenvalue weighted by Gasteiger charge is 2.34. The molecular weight excluding hydrogens is 546 g/mol. The summed E-state index contributed by atoms with van der Waals surface area (Å²) in [5, 5.41) is 3.28. The quantitative estimate of drug-likeness (QED) is 0.292. The van der Waals surface area contributed by atoms with Crippen LogP contribution in [-0.4, -0.2) is 44.3 Å². The summed E-state index contributed by atoms with van der Waals surface area (Å²) in [4.78, 5) is 28.8. The summed E-state index contributed by atoms with van der Waals surface area (Å²) in [7, 11) is -4.16. The number of hydrogen-bond donors (Lipinski definition) is 1. The fourth-order valence-electron chi connectivity index (χ4n) is 4.39. The van der Waals surface area contributed by atoms with Gasteiger partial charge in [-0.15, -0.1) is 0 Å². The number of nitrogens with one attached hydrogen (secondary N) is 1. The highest BCUT2D eigenvalue weighted by Crippen LogP contribution is 2.31. The van der Waals surface area contributed by atoms with Crippen LogP contribution in [0.1, 0.15) is 48.9 Å². The third-order valence-corrected chi connectivity index (χ3v) is 8.99. The van der Waals surface area contributed by atoms with Gasteiger partial charge in [-0.1, -0.05) is 79.0 Å². The zero-order valence-corrected chi connectivity index (χ0v) is 25.3. The van der Waals surface area contributed by atoms with Gasteiger partial charge in [0.25, 0.3) is 10.0 Å². The molecule has 0 aliphatic carbocycles. The third kappa shape index (κ3) is 7.43. The van der Waals surface area contributed by atoms with E-state index in [1.54, 1.807) is 37.3 Å². The van der Waals surface area contributed by atoms with Gasteiger partial charge in [-0.25, -0.2) is 8.42 Å². The van der Waals surface area contributed by atoms with Gasteiger partial charge in [0.1, 0.15) is 12.6 Å². The molecule has 3 aromatic carbocycles. The maximum atomic E-state index is 14.1. The van der Waals surface area contributed by atoms with Crippen LogP contribution in [0, 0.1) is 20.8 Å². The minimum Gasteiger partial charge on any atom is -0.354 e. The molecule has 214 valence electrons. The summed E-state index contributed by atoms with van der Waals surface area (Å²) in [5.74, 6) is -0.758. The fourth-order valence-corrected chi connectivity index (χ4v) is 6.03. The van der Waals surface area contributed by atoms with Gasteiger partial charge in [-0.3, -0.25) is 13.9 Å². The molecule has 1 N–H and O–H groups in total. The topological polar surface area (TPSA) is 86.8 Å². The van der Waals surface area contributed by atoms with E-state index >= 15 is 0 Å². The Bertz CT molecular complexity index is 1420. The van der Waals surface area contributed by atoms with Crippen LogP contribution < -0.4 is 9.62 Å². The normalized spacial score (nSPS) is 12.1. The van der Waals surface area contributed by atoms with Crippen molar-refractivity contribution in [3.05, 3.63) is 94.0 Å². The first kappa shape index (κ1) is 31.2. The maximum absolute atomic E-state index is 14.1. The van der Waals surface area contributed by atoms with Crippen LogP contribution >= 0.6 is 11.6 Å². The van der Waals surface area contributed by atoms with Gasteiger partial charge >= 0.3 is 0 Å². The van der Waals surface area contributed by atoms with Crippen LogP contribution in [0.15, 0.2) is 71.6 Å². The minimum atomic E-state index is -4.16. The van der Waals surface area contributed by atoms with Crippen molar-refractivity contribution in [2.45, 2.75) is 64.9 Å². The van der Waals surface area contributed by atoms with Gasteiger partial charge < -0.3 is 10.2 Å². The van der Waals surface area contributed by atoms with Crippen molar-refractivity contribution in [1.82, 2.24) is 10.2 Å². The zero-order chi connectivity index (χ0) is 29.4. The average molecular weight is 584 g/mol. The van der Waals surface area contributed by atoms with Gasteiger partial charge in [0.15, 0.2) is 0 Å². The molecule has 7 nitrogen and oxygen atoms in total. The van der Waals surface area contributed by atoms with E-state index in [9.17, 15) is 18.0 Å². The Morgan fingerprint density at radius 3 is 2.08 bits per heavy atom. The summed E-state index contributed by atoms with van der Waals surface area (Å²) in [6.07, 6.45) is 1.12. The lowest BCUT2D eigenvalue weighted by atomic mass is 10.1. The number of hydrogen-bond acceptors (Lipinski definition) is 4. The van der Waals surface area contributed by atoms with Crippen molar-refractivity contribution in [3.8, 4) is 0 Å². The van der Waals surface area contributed by atoms with E-state index in [4.69, 9.17) is 11.6 Å². The SMILES string of the molecule is CCCNC(=O)[C@H](CC)N(Cc1ccc(C)cc1)C(=O)CN(c1cccc(Cl)c1C)S(=O)(=O)c1ccc(C)cc1. The molecule has 40 heavy (non-hydrogen) atoms. The second-order valence-corrected chi connectivity index (χ2v) is 12.2. The molecule has 0 aliphatic rings. The van der Waals surface area contributed by atoms with Crippen LogP contribution in [0.2, 0.25) is 5.02 Å². The second kappa shape index (κ2) is 13.8. The molecule has 0 radical (unpaired) electrons. The summed E-state index contributed by atoms with van der Waals surface area (Å²) < 4.78 is 29.1. The molecular formula is C31H38ClN3O4S. The van der Waals surface area contributed by atoms with Gasteiger partial charge in [-0.2, -0.15) is 0 Å². The number of rotatable bonds is 12. The lowest BCUT2D eigenvalue weighted by molar-refractivity contribution is -0.140. The zero-order valence-electron chi connectivity index (χ0n) is 23.8. The molecule has 0 unspecified atom stereocenters. The molecule has 0 saturated heterocycles. The van der Waals surface area contributed by atoms with E-state index in [0.29, 0.717) is 29.2 Å². The lowest BCUT2D eigenvalue weighted by Crippen LogP contribution is -2.52. The van der Waals surface area contributed by atoms with Crippen molar-refractivity contribution >= 4 is 39.1 Å². The van der Waals surface area contributed by atoms with Crippen molar-refractivity contribution < 1.29 is 18.0 Å². The van der Waals surface area contributed by atoms with Crippen LogP contribution in [-0.2, 0) is 26.2 Å². The van der Waals surface area contributed by atoms with Gasteiger partial charge in [0.05, 0.1) is 10.6 Å². The summed E-state index contributed by atoms with van der Waals surface area (Å²) in [6, 6.07) is 18.4. The Kier molecular flexibility index (Phi) is 10.8. The molecule has 0 aromatic heterocycles. The number of halogens is 1. The largest absolute Gasteiger partial charge is 0.354 e. The predicted molar refractivity (Wildman–Crippen MR) is 161 cm³/mol. The molecule has 1 atom stereocenters. The molecule has 3 aromatic rings. The number of nitrogens with zero attached hydrogens (tertiary/aromatic N) is 2. The summed E-state index contributed by atoms with van der Waals surface area (Å²) in [5.41, 5.74) is 3.66. The number of carbonyl (C=O) groups excluding carboxylic acids is 2. The van der Waals surface area contributed by atoms with Crippen molar-refractivity contribution in [3.63, 3.8) is 0 Å². The molecule has 0 saturated carbocycles. The van der Waals surface area contributed by atoms with Crippen LogP contribution in [0.3, 0.4) is 0 Å². The molecule has 2 amide bonds. The molecule has 0 fully saturated rings. The average Bonchev–Trinajstić information content (AvgIpc) is 2.93. The predicted octanol–water partition coefficient (Wildman–Crippen LogP) is 5.79. The standard InChI is InChI=1S/C31H38ClN3O4S/c1-6-19-33-31(37)28(7-2)34(20-25-15-11-22(3)12-16-25)30(36)21-35(29-10-8-9-27(32)24(29)5)40(38,39)26-17-13-23(4)14-18-26/h8-18,28H,6-7,19-21H2,1-5H3,(H,33,37)/t28-/m0/s1. The number of sulfonamides is 1. The van der Waals surface area contributed by atoms with Gasteiger partial charge in [0, 0.05) is 18.1 Å². The van der Waals surface area contributed by atoms with E-state index in [1.807, 2.05) is 52.0 Å². The van der Waals surface area contributed by atoms with E-state index < -0.39 is 28.5 Å². The third-order valence-electron chi connectivity index (χ3n) is 6.80. The Labute approximate surface area is 243 Å². The number of aryl methyl sites for hydroxylation is 2.